The quantitative estimate of drug-likeness (QED) is 0.400. The van der Waals surface area contributed by atoms with E-state index in [0.29, 0.717) is 10.6 Å². The summed E-state index contributed by atoms with van der Waals surface area (Å²) in [4.78, 5) is 8.52. The van der Waals surface area contributed by atoms with Crippen LogP contribution in [-0.2, 0) is 0 Å². The van der Waals surface area contributed by atoms with Crippen LogP contribution in [0.4, 0.5) is 0 Å². The SMILES string of the molecule is O=[N+]([O-])C(Br)C(O)c1ccccc1Cl. The number of rotatable bonds is 3. The molecule has 4 nitrogen and oxygen atoms in total. The summed E-state index contributed by atoms with van der Waals surface area (Å²) in [7, 11) is 0. The number of aliphatic hydroxyl groups is 1. The Kier molecular flexibility index (Phi) is 3.86. The second-order valence-electron chi connectivity index (χ2n) is 2.62. The Morgan fingerprint density at radius 3 is 2.57 bits per heavy atom. The van der Waals surface area contributed by atoms with Crippen molar-refractivity contribution in [3.8, 4) is 0 Å². The second kappa shape index (κ2) is 4.72. The lowest BCUT2D eigenvalue weighted by Gasteiger charge is -2.12. The highest BCUT2D eigenvalue weighted by molar-refractivity contribution is 9.09. The van der Waals surface area contributed by atoms with E-state index in [-0.39, 0.29) is 0 Å². The lowest BCUT2D eigenvalue weighted by Crippen LogP contribution is -2.21. The van der Waals surface area contributed by atoms with Crippen LogP contribution in [0.25, 0.3) is 0 Å². The van der Waals surface area contributed by atoms with Crippen LogP contribution in [0.5, 0.6) is 0 Å². The third-order valence-electron chi connectivity index (χ3n) is 1.69. The summed E-state index contributed by atoms with van der Waals surface area (Å²) in [6.45, 7) is 0. The molecular weight excluding hydrogens is 273 g/mol. The molecule has 2 unspecified atom stereocenters. The van der Waals surface area contributed by atoms with Crippen LogP contribution in [0.15, 0.2) is 24.3 Å². The normalized spacial score (nSPS) is 14.8. The van der Waals surface area contributed by atoms with Crippen molar-refractivity contribution in [2.45, 2.75) is 11.1 Å². The number of nitro groups is 1. The van der Waals surface area contributed by atoms with Crippen LogP contribution >= 0.6 is 27.5 Å². The number of aliphatic hydroxyl groups excluding tert-OH is 1. The van der Waals surface area contributed by atoms with Crippen LogP contribution in [0, 0.1) is 10.1 Å². The summed E-state index contributed by atoms with van der Waals surface area (Å²) in [6, 6.07) is 6.46. The fourth-order valence-corrected chi connectivity index (χ4v) is 1.51. The zero-order chi connectivity index (χ0) is 10.7. The number of hydrogen-bond acceptors (Lipinski definition) is 3. The maximum Gasteiger partial charge on any atom is 0.295 e. The van der Waals surface area contributed by atoms with Crippen molar-refractivity contribution in [2.24, 2.45) is 0 Å². The van der Waals surface area contributed by atoms with Gasteiger partial charge in [0.15, 0.2) is 6.10 Å². The predicted octanol–water partition coefficient (Wildman–Crippen LogP) is 2.37. The molecule has 0 aliphatic heterocycles. The number of halogens is 2. The molecule has 0 radical (unpaired) electrons. The zero-order valence-electron chi connectivity index (χ0n) is 6.93. The molecule has 14 heavy (non-hydrogen) atoms. The molecule has 0 aliphatic rings. The molecule has 1 N–H and O–H groups in total. The molecule has 6 heteroatoms. The topological polar surface area (TPSA) is 63.4 Å². The van der Waals surface area contributed by atoms with Crippen molar-refractivity contribution < 1.29 is 10.0 Å². The van der Waals surface area contributed by atoms with Crippen LogP contribution in [-0.4, -0.2) is 15.0 Å². The molecule has 0 fully saturated rings. The number of nitrogens with zero attached hydrogens (tertiary/aromatic N) is 1. The number of benzene rings is 1. The zero-order valence-corrected chi connectivity index (χ0v) is 9.27. The van der Waals surface area contributed by atoms with E-state index in [9.17, 15) is 15.2 Å². The predicted molar refractivity (Wildman–Crippen MR) is 56.1 cm³/mol. The van der Waals surface area contributed by atoms with Crippen molar-refractivity contribution in [3.63, 3.8) is 0 Å². The second-order valence-corrected chi connectivity index (χ2v) is 3.97. The summed E-state index contributed by atoms with van der Waals surface area (Å²) in [5.41, 5.74) is 0.341. The minimum absolute atomic E-state index is 0.311. The lowest BCUT2D eigenvalue weighted by atomic mass is 10.1. The lowest BCUT2D eigenvalue weighted by molar-refractivity contribution is -0.505. The van der Waals surface area contributed by atoms with Gasteiger partial charge in [0, 0.05) is 15.5 Å². The monoisotopic (exact) mass is 279 g/mol. The largest absolute Gasteiger partial charge is 0.380 e. The van der Waals surface area contributed by atoms with Gasteiger partial charge < -0.3 is 5.11 Å². The van der Waals surface area contributed by atoms with Gasteiger partial charge in [0.05, 0.1) is 0 Å². The Morgan fingerprint density at radius 2 is 2.07 bits per heavy atom. The Hall–Kier alpha value is -0.650. The minimum atomic E-state index is -1.25. The highest BCUT2D eigenvalue weighted by Crippen LogP contribution is 2.28. The third-order valence-corrected chi connectivity index (χ3v) is 2.87. The van der Waals surface area contributed by atoms with Gasteiger partial charge >= 0.3 is 0 Å². The summed E-state index contributed by atoms with van der Waals surface area (Å²) in [5, 5.41) is 20.3. The average molecular weight is 281 g/mol. The van der Waals surface area contributed by atoms with Gasteiger partial charge in [-0.3, -0.25) is 10.1 Å². The van der Waals surface area contributed by atoms with E-state index in [2.05, 4.69) is 15.9 Å². The summed E-state index contributed by atoms with van der Waals surface area (Å²) < 4.78 is 0. The molecule has 0 heterocycles. The average Bonchev–Trinajstić information content (AvgIpc) is 2.16. The molecule has 0 amide bonds. The van der Waals surface area contributed by atoms with E-state index in [1.54, 1.807) is 24.3 Å². The minimum Gasteiger partial charge on any atom is -0.380 e. The van der Waals surface area contributed by atoms with Crippen molar-refractivity contribution in [2.75, 3.05) is 0 Å². The van der Waals surface area contributed by atoms with Gasteiger partial charge in [-0.2, -0.15) is 0 Å². The van der Waals surface area contributed by atoms with Crippen LogP contribution in [0.1, 0.15) is 11.7 Å². The van der Waals surface area contributed by atoms with Crippen LogP contribution in [0.3, 0.4) is 0 Å². The molecular formula is C8H7BrClNO3. The standard InChI is InChI=1S/C8H7BrClNO3/c9-8(11(13)14)7(12)5-3-1-2-4-6(5)10/h1-4,7-8,12H. The molecule has 0 bridgehead atoms. The van der Waals surface area contributed by atoms with Crippen LogP contribution in [0.2, 0.25) is 5.02 Å². The van der Waals surface area contributed by atoms with Crippen molar-refractivity contribution >= 4 is 27.5 Å². The highest BCUT2D eigenvalue weighted by Gasteiger charge is 2.29. The smallest absolute Gasteiger partial charge is 0.295 e. The summed E-state index contributed by atoms with van der Waals surface area (Å²) in [5.74, 6) is 0. The first-order valence-electron chi connectivity index (χ1n) is 3.74. The molecule has 0 aliphatic carbocycles. The molecule has 0 saturated carbocycles. The van der Waals surface area contributed by atoms with Gasteiger partial charge in [-0.1, -0.05) is 29.8 Å². The van der Waals surface area contributed by atoms with Gasteiger partial charge in [-0.25, -0.2) is 0 Å². The van der Waals surface area contributed by atoms with E-state index in [0.717, 1.165) is 0 Å². The number of hydrogen-bond donors (Lipinski definition) is 1. The molecule has 1 aromatic rings. The Labute approximate surface area is 93.8 Å². The fraction of sp³-hybridized carbons (Fsp3) is 0.250. The van der Waals surface area contributed by atoms with Crippen LogP contribution < -0.4 is 0 Å². The Morgan fingerprint density at radius 1 is 1.50 bits per heavy atom. The molecule has 76 valence electrons. The van der Waals surface area contributed by atoms with Gasteiger partial charge in [0.1, 0.15) is 0 Å². The van der Waals surface area contributed by atoms with E-state index in [1.165, 1.54) is 0 Å². The van der Waals surface area contributed by atoms with Gasteiger partial charge in [-0.05, 0) is 22.0 Å². The maximum atomic E-state index is 10.4. The van der Waals surface area contributed by atoms with Gasteiger partial charge in [-0.15, -0.1) is 0 Å². The molecule has 1 aromatic carbocycles. The Bertz CT molecular complexity index is 347. The van der Waals surface area contributed by atoms with Crippen molar-refractivity contribution in [3.05, 3.63) is 45.0 Å². The Balaban J connectivity index is 2.94. The first kappa shape index (κ1) is 11.4. The van der Waals surface area contributed by atoms with E-state index >= 15 is 0 Å². The molecule has 1 rings (SSSR count). The van der Waals surface area contributed by atoms with E-state index in [1.807, 2.05) is 0 Å². The first-order valence-corrected chi connectivity index (χ1v) is 5.03. The molecule has 2 atom stereocenters. The summed E-state index contributed by atoms with van der Waals surface area (Å²) in [6.07, 6.45) is -1.25. The van der Waals surface area contributed by atoms with E-state index in [4.69, 9.17) is 11.6 Å². The fourth-order valence-electron chi connectivity index (χ4n) is 0.978. The molecule has 0 saturated heterocycles. The van der Waals surface area contributed by atoms with Gasteiger partial charge in [0.2, 0.25) is 0 Å². The van der Waals surface area contributed by atoms with Crippen molar-refractivity contribution in [1.29, 1.82) is 0 Å². The summed E-state index contributed by atoms with van der Waals surface area (Å²) >= 11 is 8.54. The van der Waals surface area contributed by atoms with Gasteiger partial charge in [0.25, 0.3) is 4.95 Å². The highest BCUT2D eigenvalue weighted by atomic mass is 79.9. The van der Waals surface area contributed by atoms with Crippen molar-refractivity contribution in [1.82, 2.24) is 0 Å². The molecule has 0 aromatic heterocycles. The molecule has 0 spiro atoms. The number of alkyl halides is 1. The first-order chi connectivity index (χ1) is 6.54. The van der Waals surface area contributed by atoms with E-state index < -0.39 is 16.0 Å². The third kappa shape index (κ3) is 2.43. The maximum absolute atomic E-state index is 10.4.